The van der Waals surface area contributed by atoms with Crippen LogP contribution in [0.2, 0.25) is 0 Å². The molecule has 1 saturated heterocycles. The van der Waals surface area contributed by atoms with E-state index in [0.717, 1.165) is 26.2 Å². The summed E-state index contributed by atoms with van der Waals surface area (Å²) < 4.78 is 7.77. The highest BCUT2D eigenvalue weighted by Gasteiger charge is 2.31. The zero-order valence-electron chi connectivity index (χ0n) is 11.2. The van der Waals surface area contributed by atoms with Gasteiger partial charge in [-0.05, 0) is 25.7 Å². The zero-order chi connectivity index (χ0) is 12.4. The molecule has 0 amide bonds. The van der Waals surface area contributed by atoms with Crippen molar-refractivity contribution in [2.45, 2.75) is 45.1 Å². The molecule has 2 aliphatic heterocycles. The van der Waals surface area contributed by atoms with Crippen LogP contribution in [0.1, 0.15) is 44.3 Å². The molecule has 1 aromatic heterocycles. The Bertz CT molecular complexity index is 396. The molecule has 4 heteroatoms. The van der Waals surface area contributed by atoms with E-state index in [-0.39, 0.29) is 0 Å². The van der Waals surface area contributed by atoms with Crippen molar-refractivity contribution in [3.63, 3.8) is 0 Å². The highest BCUT2D eigenvalue weighted by molar-refractivity contribution is 5.39. The van der Waals surface area contributed by atoms with E-state index in [1.54, 1.807) is 0 Å². The number of anilines is 1. The topological polar surface area (TPSA) is 39.1 Å². The van der Waals surface area contributed by atoms with Gasteiger partial charge in [0.25, 0.3) is 0 Å². The summed E-state index contributed by atoms with van der Waals surface area (Å²) in [6, 6.07) is 2.77. The van der Waals surface area contributed by atoms with Gasteiger partial charge >= 0.3 is 0 Å². The van der Waals surface area contributed by atoms with Gasteiger partial charge in [-0.3, -0.25) is 0 Å². The standard InChI is InChI=1S/C14H23N3O/c1-2-3-4-12-9-14-15-7-5-13(17(14)16-12)11-6-8-18-10-11/h9,11,13,15H,2-8,10H2,1H3. The average Bonchev–Trinajstić information content (AvgIpc) is 3.04. The van der Waals surface area contributed by atoms with E-state index in [0.29, 0.717) is 12.0 Å². The Morgan fingerprint density at radius 1 is 1.50 bits per heavy atom. The number of aromatic nitrogens is 2. The fourth-order valence-electron chi connectivity index (χ4n) is 3.07. The number of hydrogen-bond donors (Lipinski definition) is 1. The quantitative estimate of drug-likeness (QED) is 0.891. The molecule has 0 radical (unpaired) electrons. The van der Waals surface area contributed by atoms with Crippen LogP contribution in [0.3, 0.4) is 0 Å². The third-order valence-corrected chi connectivity index (χ3v) is 4.14. The Labute approximate surface area is 109 Å². The van der Waals surface area contributed by atoms with Crippen LogP contribution in [0.4, 0.5) is 5.82 Å². The molecular weight excluding hydrogens is 226 g/mol. The molecule has 2 atom stereocenters. The number of nitrogens with zero attached hydrogens (tertiary/aromatic N) is 2. The van der Waals surface area contributed by atoms with Crippen molar-refractivity contribution in [2.75, 3.05) is 25.1 Å². The number of unbranched alkanes of at least 4 members (excludes halogenated alkanes) is 1. The van der Waals surface area contributed by atoms with E-state index in [9.17, 15) is 0 Å². The van der Waals surface area contributed by atoms with E-state index >= 15 is 0 Å². The van der Waals surface area contributed by atoms with Crippen molar-refractivity contribution >= 4 is 5.82 Å². The predicted octanol–water partition coefficient (Wildman–Crippen LogP) is 2.62. The Morgan fingerprint density at radius 3 is 3.22 bits per heavy atom. The van der Waals surface area contributed by atoms with E-state index in [1.807, 2.05) is 0 Å². The SMILES string of the molecule is CCCCc1cc2n(n1)C(C1CCOC1)CCN2. The summed E-state index contributed by atoms with van der Waals surface area (Å²) in [5.41, 5.74) is 1.24. The minimum atomic E-state index is 0.541. The Kier molecular flexibility index (Phi) is 3.55. The fourth-order valence-corrected chi connectivity index (χ4v) is 3.07. The first-order valence-corrected chi connectivity index (χ1v) is 7.28. The lowest BCUT2D eigenvalue weighted by atomic mass is 9.95. The summed E-state index contributed by atoms with van der Waals surface area (Å²) in [4.78, 5) is 0. The van der Waals surface area contributed by atoms with Crippen LogP contribution in [0.25, 0.3) is 0 Å². The summed E-state index contributed by atoms with van der Waals surface area (Å²) in [5, 5.41) is 8.29. The van der Waals surface area contributed by atoms with Gasteiger partial charge in [0.05, 0.1) is 18.3 Å². The van der Waals surface area contributed by atoms with Gasteiger partial charge < -0.3 is 10.1 Å². The lowest BCUT2D eigenvalue weighted by Crippen LogP contribution is -2.29. The lowest BCUT2D eigenvalue weighted by molar-refractivity contribution is 0.167. The first-order valence-electron chi connectivity index (χ1n) is 7.28. The lowest BCUT2D eigenvalue weighted by Gasteiger charge is -2.29. The molecule has 1 N–H and O–H groups in total. The molecular formula is C14H23N3O. The minimum Gasteiger partial charge on any atom is -0.381 e. The van der Waals surface area contributed by atoms with Gasteiger partial charge in [0.2, 0.25) is 0 Å². The number of aryl methyl sites for hydroxylation is 1. The third-order valence-electron chi connectivity index (χ3n) is 4.14. The van der Waals surface area contributed by atoms with Gasteiger partial charge in [0, 0.05) is 25.1 Å². The van der Waals surface area contributed by atoms with Crippen molar-refractivity contribution in [1.82, 2.24) is 9.78 Å². The second-order valence-corrected chi connectivity index (χ2v) is 5.48. The van der Waals surface area contributed by atoms with Gasteiger partial charge in [-0.1, -0.05) is 13.3 Å². The Hall–Kier alpha value is -1.03. The van der Waals surface area contributed by atoms with Gasteiger partial charge in [-0.2, -0.15) is 5.10 Å². The van der Waals surface area contributed by atoms with Crippen molar-refractivity contribution in [3.8, 4) is 0 Å². The first-order chi connectivity index (χ1) is 8.88. The molecule has 0 aliphatic carbocycles. The molecule has 2 aliphatic rings. The second-order valence-electron chi connectivity index (χ2n) is 5.48. The smallest absolute Gasteiger partial charge is 0.124 e. The molecule has 4 nitrogen and oxygen atoms in total. The fraction of sp³-hybridized carbons (Fsp3) is 0.786. The predicted molar refractivity (Wildman–Crippen MR) is 71.9 cm³/mol. The summed E-state index contributed by atoms with van der Waals surface area (Å²) in [5.74, 6) is 1.87. The highest BCUT2D eigenvalue weighted by atomic mass is 16.5. The molecule has 0 saturated carbocycles. The minimum absolute atomic E-state index is 0.541. The third kappa shape index (κ3) is 2.26. The van der Waals surface area contributed by atoms with Gasteiger partial charge in [0.15, 0.2) is 0 Å². The zero-order valence-corrected chi connectivity index (χ0v) is 11.2. The maximum Gasteiger partial charge on any atom is 0.124 e. The van der Waals surface area contributed by atoms with Crippen LogP contribution in [-0.2, 0) is 11.2 Å². The molecule has 2 unspecified atom stereocenters. The molecule has 3 rings (SSSR count). The Morgan fingerprint density at radius 2 is 2.44 bits per heavy atom. The van der Waals surface area contributed by atoms with E-state index < -0.39 is 0 Å². The monoisotopic (exact) mass is 249 g/mol. The van der Waals surface area contributed by atoms with E-state index in [4.69, 9.17) is 9.84 Å². The van der Waals surface area contributed by atoms with Gasteiger partial charge in [-0.15, -0.1) is 0 Å². The number of rotatable bonds is 4. The van der Waals surface area contributed by atoms with E-state index in [2.05, 4.69) is 23.0 Å². The summed E-state index contributed by atoms with van der Waals surface area (Å²) in [6.45, 7) is 5.13. The van der Waals surface area contributed by atoms with Crippen LogP contribution in [0.5, 0.6) is 0 Å². The normalized spacial score (nSPS) is 26.9. The van der Waals surface area contributed by atoms with Gasteiger partial charge in [-0.25, -0.2) is 4.68 Å². The van der Waals surface area contributed by atoms with Crippen molar-refractivity contribution < 1.29 is 4.74 Å². The Balaban J connectivity index is 1.78. The molecule has 0 spiro atoms. The summed E-state index contributed by atoms with van der Waals surface area (Å²) >= 11 is 0. The van der Waals surface area contributed by atoms with Gasteiger partial charge in [0.1, 0.15) is 5.82 Å². The molecule has 18 heavy (non-hydrogen) atoms. The maximum absolute atomic E-state index is 5.54. The number of ether oxygens (including phenoxy) is 1. The van der Waals surface area contributed by atoms with Crippen LogP contribution in [0.15, 0.2) is 6.07 Å². The summed E-state index contributed by atoms with van der Waals surface area (Å²) in [6.07, 6.45) is 5.93. The van der Waals surface area contributed by atoms with Crippen molar-refractivity contribution in [2.24, 2.45) is 5.92 Å². The number of nitrogens with one attached hydrogen (secondary N) is 1. The number of fused-ring (bicyclic) bond motifs is 1. The highest BCUT2D eigenvalue weighted by Crippen LogP contribution is 2.34. The average molecular weight is 249 g/mol. The van der Waals surface area contributed by atoms with Crippen LogP contribution in [0, 0.1) is 5.92 Å². The van der Waals surface area contributed by atoms with E-state index in [1.165, 1.54) is 37.2 Å². The molecule has 1 aromatic rings. The molecule has 1 fully saturated rings. The van der Waals surface area contributed by atoms with Crippen LogP contribution in [-0.4, -0.2) is 29.5 Å². The van der Waals surface area contributed by atoms with Crippen molar-refractivity contribution in [1.29, 1.82) is 0 Å². The second kappa shape index (κ2) is 5.31. The summed E-state index contributed by atoms with van der Waals surface area (Å²) in [7, 11) is 0. The van der Waals surface area contributed by atoms with Crippen LogP contribution < -0.4 is 5.32 Å². The maximum atomic E-state index is 5.54. The first kappa shape index (κ1) is 12.0. The molecule has 3 heterocycles. The molecule has 0 bridgehead atoms. The van der Waals surface area contributed by atoms with Crippen LogP contribution >= 0.6 is 0 Å². The number of hydrogen-bond acceptors (Lipinski definition) is 3. The van der Waals surface area contributed by atoms with Crippen molar-refractivity contribution in [3.05, 3.63) is 11.8 Å². The molecule has 100 valence electrons. The largest absolute Gasteiger partial charge is 0.381 e. The molecule has 0 aromatic carbocycles.